The molecule has 2 aromatic carbocycles. The highest BCUT2D eigenvalue weighted by Crippen LogP contribution is 2.09. The number of rotatable bonds is 8. The van der Waals surface area contributed by atoms with Crippen molar-refractivity contribution in [1.82, 2.24) is 9.13 Å². The zero-order valence-electron chi connectivity index (χ0n) is 18.2. The van der Waals surface area contributed by atoms with Gasteiger partial charge in [-0.3, -0.25) is 18.7 Å². The number of likely N-dealkylation sites (N-methyl/N-ethyl adjacent to an activating group) is 1. The lowest BCUT2D eigenvalue weighted by Crippen LogP contribution is -3.08. The lowest BCUT2D eigenvalue weighted by Gasteiger charge is -2.17. The number of nitrogens with one attached hydrogen (secondary N) is 1. The number of nitrogens with zero attached hydrogens (tertiary/aromatic N) is 2. The number of Topliss-reactive ketones (excluding diaryl/α,β-unsaturated/α-hetero) is 1. The molecule has 0 aliphatic rings. The van der Waals surface area contributed by atoms with E-state index in [4.69, 9.17) is 5.73 Å². The van der Waals surface area contributed by atoms with Crippen molar-refractivity contribution in [3.05, 3.63) is 97.7 Å². The number of carbonyl (C=O) groups excluding carboxylic acids is 1. The van der Waals surface area contributed by atoms with E-state index in [1.807, 2.05) is 37.4 Å². The molecule has 0 saturated heterocycles. The van der Waals surface area contributed by atoms with Gasteiger partial charge in [0, 0.05) is 12.6 Å². The first-order valence-electron chi connectivity index (χ1n) is 10.4. The number of aromatic nitrogens is 2. The molecule has 31 heavy (non-hydrogen) atoms. The van der Waals surface area contributed by atoms with Gasteiger partial charge in [-0.05, 0) is 17.5 Å². The zero-order chi connectivity index (χ0) is 22.5. The number of nitrogen functional groups attached to an aromatic ring is 1. The maximum absolute atomic E-state index is 13.0. The Labute approximate surface area is 181 Å². The second-order valence-electron chi connectivity index (χ2n) is 7.88. The Hall–Kier alpha value is -3.45. The van der Waals surface area contributed by atoms with E-state index in [9.17, 15) is 14.4 Å². The minimum absolute atomic E-state index is 0.0814. The fourth-order valence-electron chi connectivity index (χ4n) is 3.63. The summed E-state index contributed by atoms with van der Waals surface area (Å²) < 4.78 is 2.23. The first-order chi connectivity index (χ1) is 14.8. The van der Waals surface area contributed by atoms with E-state index >= 15 is 0 Å². The number of benzene rings is 2. The maximum Gasteiger partial charge on any atom is 0.332 e. The number of quaternary nitrogens is 1. The van der Waals surface area contributed by atoms with Crippen LogP contribution in [0.25, 0.3) is 0 Å². The zero-order valence-corrected chi connectivity index (χ0v) is 18.2. The Kier molecular flexibility index (Phi) is 6.87. The Morgan fingerprint density at radius 3 is 2.19 bits per heavy atom. The summed E-state index contributed by atoms with van der Waals surface area (Å²) in [4.78, 5) is 39.3. The number of hydrogen-bond acceptors (Lipinski definition) is 4. The molecule has 7 heteroatoms. The van der Waals surface area contributed by atoms with E-state index in [1.54, 1.807) is 0 Å². The fourth-order valence-corrected chi connectivity index (χ4v) is 3.63. The van der Waals surface area contributed by atoms with E-state index in [2.05, 4.69) is 31.2 Å². The summed E-state index contributed by atoms with van der Waals surface area (Å²) >= 11 is 0. The SMILES string of the molecule is CCc1ccc(C[NH+](C)CC(=O)c2c(N)n(Cc3ccccc3)c(=O)n(C)c2=O)cc1. The first kappa shape index (κ1) is 22.2. The van der Waals surface area contributed by atoms with Crippen LogP contribution in [0.3, 0.4) is 0 Å². The van der Waals surface area contributed by atoms with Crippen LogP contribution in [0.4, 0.5) is 5.82 Å². The quantitative estimate of drug-likeness (QED) is 0.522. The topological polar surface area (TPSA) is 91.5 Å². The molecule has 3 rings (SSSR count). The third kappa shape index (κ3) is 5.00. The molecule has 1 atom stereocenters. The van der Waals surface area contributed by atoms with E-state index < -0.39 is 11.2 Å². The molecule has 0 saturated carbocycles. The highest BCUT2D eigenvalue weighted by atomic mass is 16.2. The molecule has 1 heterocycles. The molecule has 3 N–H and O–H groups in total. The average Bonchev–Trinajstić information content (AvgIpc) is 2.76. The molecular formula is C24H29N4O3+. The van der Waals surface area contributed by atoms with E-state index in [1.165, 1.54) is 17.2 Å². The number of nitrogens with two attached hydrogens (primary N) is 1. The van der Waals surface area contributed by atoms with Crippen LogP contribution in [0.5, 0.6) is 0 Å². The van der Waals surface area contributed by atoms with Gasteiger partial charge in [0.25, 0.3) is 5.56 Å². The summed E-state index contributed by atoms with van der Waals surface area (Å²) in [6.45, 7) is 3.03. The molecule has 7 nitrogen and oxygen atoms in total. The first-order valence-corrected chi connectivity index (χ1v) is 10.4. The third-order valence-electron chi connectivity index (χ3n) is 5.45. The Bertz CT molecular complexity index is 1180. The van der Waals surface area contributed by atoms with Crippen LogP contribution in [0.15, 0.2) is 64.2 Å². The Balaban J connectivity index is 1.85. The van der Waals surface area contributed by atoms with Crippen molar-refractivity contribution in [1.29, 1.82) is 0 Å². The van der Waals surface area contributed by atoms with Crippen LogP contribution in [0.1, 0.15) is 34.0 Å². The van der Waals surface area contributed by atoms with Crippen LogP contribution >= 0.6 is 0 Å². The molecular weight excluding hydrogens is 392 g/mol. The lowest BCUT2D eigenvalue weighted by molar-refractivity contribution is -0.884. The lowest BCUT2D eigenvalue weighted by atomic mass is 10.1. The van der Waals surface area contributed by atoms with Crippen LogP contribution in [-0.2, 0) is 26.6 Å². The number of hydrogen-bond donors (Lipinski definition) is 2. The van der Waals surface area contributed by atoms with Gasteiger partial charge >= 0.3 is 5.69 Å². The second-order valence-corrected chi connectivity index (χ2v) is 7.88. The largest absolute Gasteiger partial charge is 0.384 e. The van der Waals surface area contributed by atoms with Crippen molar-refractivity contribution in [3.63, 3.8) is 0 Å². The molecule has 0 amide bonds. The maximum atomic E-state index is 13.0. The minimum Gasteiger partial charge on any atom is -0.384 e. The van der Waals surface area contributed by atoms with Crippen molar-refractivity contribution in [2.24, 2.45) is 7.05 Å². The van der Waals surface area contributed by atoms with Crippen molar-refractivity contribution in [2.45, 2.75) is 26.4 Å². The van der Waals surface area contributed by atoms with Gasteiger partial charge in [-0.1, -0.05) is 61.5 Å². The average molecular weight is 422 g/mol. The summed E-state index contributed by atoms with van der Waals surface area (Å²) in [5.41, 5.74) is 8.08. The van der Waals surface area contributed by atoms with E-state index in [-0.39, 0.29) is 30.3 Å². The molecule has 0 aliphatic carbocycles. The Morgan fingerprint density at radius 2 is 1.58 bits per heavy atom. The summed E-state index contributed by atoms with van der Waals surface area (Å²) in [5, 5.41) is 0. The number of aryl methyl sites for hydroxylation is 1. The number of carbonyl (C=O) groups is 1. The highest BCUT2D eigenvalue weighted by Gasteiger charge is 2.24. The van der Waals surface area contributed by atoms with Gasteiger partial charge in [0.1, 0.15) is 24.5 Å². The molecule has 0 spiro atoms. The summed E-state index contributed by atoms with van der Waals surface area (Å²) in [5.74, 6) is -0.454. The number of ketones is 1. The predicted molar refractivity (Wildman–Crippen MR) is 122 cm³/mol. The third-order valence-corrected chi connectivity index (χ3v) is 5.45. The van der Waals surface area contributed by atoms with Gasteiger partial charge in [0.2, 0.25) is 5.78 Å². The normalized spacial score (nSPS) is 12.0. The molecule has 0 bridgehead atoms. The molecule has 162 valence electrons. The molecule has 0 aliphatic heterocycles. The fraction of sp³-hybridized carbons (Fsp3) is 0.292. The van der Waals surface area contributed by atoms with Crippen LogP contribution in [-0.4, -0.2) is 28.5 Å². The van der Waals surface area contributed by atoms with E-state index in [0.717, 1.165) is 27.0 Å². The van der Waals surface area contributed by atoms with Crippen LogP contribution in [0.2, 0.25) is 0 Å². The van der Waals surface area contributed by atoms with Gasteiger partial charge in [0.15, 0.2) is 0 Å². The Morgan fingerprint density at radius 1 is 0.968 bits per heavy atom. The smallest absolute Gasteiger partial charge is 0.332 e. The highest BCUT2D eigenvalue weighted by molar-refractivity contribution is 6.00. The van der Waals surface area contributed by atoms with Gasteiger partial charge in [-0.25, -0.2) is 4.79 Å². The molecule has 3 aromatic rings. The van der Waals surface area contributed by atoms with Crippen molar-refractivity contribution >= 4 is 11.6 Å². The summed E-state index contributed by atoms with van der Waals surface area (Å²) in [7, 11) is 3.26. The molecule has 1 aromatic heterocycles. The van der Waals surface area contributed by atoms with Gasteiger partial charge in [-0.15, -0.1) is 0 Å². The predicted octanol–water partition coefficient (Wildman–Crippen LogP) is 0.638. The minimum atomic E-state index is -0.656. The van der Waals surface area contributed by atoms with Gasteiger partial charge in [0.05, 0.1) is 13.6 Å². The molecule has 1 unspecified atom stereocenters. The van der Waals surface area contributed by atoms with E-state index in [0.29, 0.717) is 6.54 Å². The van der Waals surface area contributed by atoms with Crippen molar-refractivity contribution in [3.8, 4) is 0 Å². The van der Waals surface area contributed by atoms with Crippen LogP contribution in [0, 0.1) is 0 Å². The van der Waals surface area contributed by atoms with Crippen molar-refractivity contribution < 1.29 is 9.69 Å². The van der Waals surface area contributed by atoms with Crippen molar-refractivity contribution in [2.75, 3.05) is 19.3 Å². The summed E-state index contributed by atoms with van der Waals surface area (Å²) in [6.07, 6.45) is 0.975. The van der Waals surface area contributed by atoms with Gasteiger partial charge < -0.3 is 10.6 Å². The van der Waals surface area contributed by atoms with Gasteiger partial charge in [-0.2, -0.15) is 0 Å². The monoisotopic (exact) mass is 421 g/mol. The molecule has 0 radical (unpaired) electrons. The number of anilines is 1. The standard InChI is InChI=1S/C24H28N4O3/c1-4-17-10-12-19(13-11-17)14-26(2)16-20(29)21-22(25)28(24(31)27(3)23(21)30)15-18-8-6-5-7-9-18/h5-13H,4,14-16,25H2,1-3H3/p+1. The summed E-state index contributed by atoms with van der Waals surface area (Å²) in [6, 6.07) is 17.6. The van der Waals surface area contributed by atoms with Crippen LogP contribution < -0.4 is 21.9 Å². The second kappa shape index (κ2) is 9.57. The molecule has 0 fully saturated rings.